The molecule has 0 spiro atoms. The largest absolute Gasteiger partial charge is 0.497 e. The van der Waals surface area contributed by atoms with Gasteiger partial charge in [-0.3, -0.25) is 15.0 Å². The van der Waals surface area contributed by atoms with Gasteiger partial charge in [-0.2, -0.15) is 4.98 Å². The van der Waals surface area contributed by atoms with Crippen molar-refractivity contribution in [2.45, 2.75) is 26.3 Å². The fourth-order valence-electron chi connectivity index (χ4n) is 2.44. The number of carbonyl (C=O) groups is 1. The minimum absolute atomic E-state index is 0.0619. The average Bonchev–Trinajstić information content (AvgIpc) is 2.96. The van der Waals surface area contributed by atoms with E-state index in [4.69, 9.17) is 16.2 Å². The molecule has 0 aliphatic heterocycles. The molecule has 0 unspecified atom stereocenters. The Morgan fingerprint density at radius 3 is 2.63 bits per heavy atom. The van der Waals surface area contributed by atoms with Crippen molar-refractivity contribution in [1.29, 1.82) is 0 Å². The fourth-order valence-corrected chi connectivity index (χ4v) is 3.38. The van der Waals surface area contributed by atoms with E-state index in [-0.39, 0.29) is 16.5 Å². The van der Waals surface area contributed by atoms with Gasteiger partial charge in [-0.25, -0.2) is 10.0 Å². The third kappa shape index (κ3) is 3.36. The number of ether oxygens (including phenoxy) is 1. The minimum atomic E-state index is -0.654. The first-order valence-electron chi connectivity index (χ1n) is 8.02. The molecule has 0 aromatic carbocycles. The van der Waals surface area contributed by atoms with Crippen LogP contribution in [-0.2, 0) is 0 Å². The molecule has 0 aliphatic rings. The van der Waals surface area contributed by atoms with Crippen molar-refractivity contribution in [1.82, 2.24) is 15.0 Å². The number of fused-ring (bicyclic) bond motifs is 1. The van der Waals surface area contributed by atoms with Gasteiger partial charge in [-0.05, 0) is 26.8 Å². The van der Waals surface area contributed by atoms with Gasteiger partial charge in [0.25, 0.3) is 11.9 Å². The van der Waals surface area contributed by atoms with Crippen LogP contribution in [0.4, 0.5) is 11.6 Å². The second-order valence-electron chi connectivity index (χ2n) is 6.83. The van der Waals surface area contributed by atoms with Gasteiger partial charge in [0.15, 0.2) is 0 Å². The number of thiophene rings is 1. The summed E-state index contributed by atoms with van der Waals surface area (Å²) in [5, 5.41) is 11.9. The van der Waals surface area contributed by atoms with E-state index in [0.717, 1.165) is 16.4 Å². The van der Waals surface area contributed by atoms with Crippen LogP contribution in [0.1, 0.15) is 30.4 Å². The molecule has 0 aliphatic carbocycles. The maximum Gasteiger partial charge on any atom is 0.260 e. The number of hydrogen-bond acceptors (Lipinski definition) is 9. The van der Waals surface area contributed by atoms with E-state index < -0.39 is 11.4 Å². The average molecular weight is 388 g/mol. The molecule has 0 atom stereocenters. The van der Waals surface area contributed by atoms with Crippen molar-refractivity contribution in [2.24, 2.45) is 5.73 Å². The molecule has 0 saturated carbocycles. The van der Waals surface area contributed by atoms with Crippen LogP contribution in [0.5, 0.6) is 5.75 Å². The van der Waals surface area contributed by atoms with E-state index >= 15 is 0 Å². The number of pyridine rings is 1. The number of carbonyl (C=O) groups excluding carboxylic acids is 1. The fraction of sp³-hybridized carbons (Fsp3) is 0.294. The first kappa shape index (κ1) is 18.8. The second-order valence-corrected chi connectivity index (χ2v) is 7.82. The van der Waals surface area contributed by atoms with Gasteiger partial charge in [-0.1, -0.05) is 0 Å². The SMILES string of the molecule is COc1ccnc(-c2nc(N(O)C(C)(C)C)nc3sc(C(N)=O)c(N)c23)c1. The van der Waals surface area contributed by atoms with Crippen LogP contribution in [0.3, 0.4) is 0 Å². The first-order chi connectivity index (χ1) is 12.6. The highest BCUT2D eigenvalue weighted by Gasteiger charge is 2.27. The lowest BCUT2D eigenvalue weighted by Crippen LogP contribution is -2.39. The minimum Gasteiger partial charge on any atom is -0.497 e. The molecular formula is C17H20N6O3S. The summed E-state index contributed by atoms with van der Waals surface area (Å²) in [5.74, 6) is -0.0147. The predicted octanol–water partition coefficient (Wildman–Crippen LogP) is 2.44. The zero-order valence-corrected chi connectivity index (χ0v) is 16.2. The Morgan fingerprint density at radius 1 is 1.33 bits per heavy atom. The smallest absolute Gasteiger partial charge is 0.260 e. The Kier molecular flexibility index (Phi) is 4.62. The van der Waals surface area contributed by atoms with Crippen LogP contribution in [0, 0.1) is 0 Å². The van der Waals surface area contributed by atoms with E-state index in [2.05, 4.69) is 15.0 Å². The standard InChI is InChI=1S/C17H20N6O3S/c1-17(2,3)23(25)16-21-12(9-7-8(26-4)5-6-20-9)10-11(18)13(14(19)24)27-15(10)22-16/h5-7,25H,18H2,1-4H3,(H2,19,24). The Balaban J connectivity index is 2.35. The van der Waals surface area contributed by atoms with Gasteiger partial charge in [0.2, 0.25) is 0 Å². The first-order valence-corrected chi connectivity index (χ1v) is 8.84. The number of aromatic nitrogens is 3. The highest BCUT2D eigenvalue weighted by molar-refractivity contribution is 7.21. The Morgan fingerprint density at radius 2 is 2.04 bits per heavy atom. The number of methoxy groups -OCH3 is 1. The van der Waals surface area contributed by atoms with Crippen LogP contribution in [-0.4, -0.2) is 38.7 Å². The Bertz CT molecular complexity index is 1030. The summed E-state index contributed by atoms with van der Waals surface area (Å²) in [6.07, 6.45) is 1.57. The molecule has 3 aromatic rings. The molecule has 5 N–H and O–H groups in total. The van der Waals surface area contributed by atoms with Crippen molar-refractivity contribution in [3.63, 3.8) is 0 Å². The number of hydrogen-bond donors (Lipinski definition) is 3. The number of anilines is 2. The lowest BCUT2D eigenvalue weighted by molar-refractivity contribution is 0.100. The van der Waals surface area contributed by atoms with E-state index in [1.807, 2.05) is 20.8 Å². The summed E-state index contributed by atoms with van der Waals surface area (Å²) in [6.45, 7) is 5.42. The summed E-state index contributed by atoms with van der Waals surface area (Å²) in [7, 11) is 1.54. The van der Waals surface area contributed by atoms with Crippen molar-refractivity contribution in [3.8, 4) is 17.1 Å². The monoisotopic (exact) mass is 388 g/mol. The lowest BCUT2D eigenvalue weighted by Gasteiger charge is -2.29. The van der Waals surface area contributed by atoms with Crippen molar-refractivity contribution in [2.75, 3.05) is 17.9 Å². The molecule has 0 fully saturated rings. The zero-order chi connectivity index (χ0) is 19.9. The van der Waals surface area contributed by atoms with Crippen molar-refractivity contribution < 1.29 is 14.7 Å². The molecule has 0 radical (unpaired) electrons. The molecule has 27 heavy (non-hydrogen) atoms. The number of nitrogen functional groups attached to an aromatic ring is 1. The molecule has 3 rings (SSSR count). The molecule has 0 saturated heterocycles. The van der Waals surface area contributed by atoms with Gasteiger partial charge < -0.3 is 16.2 Å². The van der Waals surface area contributed by atoms with E-state index in [0.29, 0.717) is 27.4 Å². The number of hydroxylamine groups is 1. The lowest BCUT2D eigenvalue weighted by atomic mass is 10.1. The summed E-state index contributed by atoms with van der Waals surface area (Å²) >= 11 is 1.05. The third-order valence-electron chi connectivity index (χ3n) is 3.84. The molecule has 10 heteroatoms. The van der Waals surface area contributed by atoms with Gasteiger partial charge >= 0.3 is 0 Å². The van der Waals surface area contributed by atoms with Crippen LogP contribution >= 0.6 is 11.3 Å². The van der Waals surface area contributed by atoms with E-state index in [1.165, 1.54) is 0 Å². The number of nitrogens with two attached hydrogens (primary N) is 2. The third-order valence-corrected chi connectivity index (χ3v) is 4.95. The molecule has 1 amide bonds. The number of primary amides is 1. The van der Waals surface area contributed by atoms with Gasteiger partial charge in [0.05, 0.1) is 29.4 Å². The molecular weight excluding hydrogens is 368 g/mol. The normalized spacial score (nSPS) is 11.6. The van der Waals surface area contributed by atoms with Crippen LogP contribution in [0.2, 0.25) is 0 Å². The van der Waals surface area contributed by atoms with Crippen LogP contribution < -0.4 is 21.3 Å². The molecule has 3 aromatic heterocycles. The van der Waals surface area contributed by atoms with Gasteiger partial charge in [0, 0.05) is 12.3 Å². The maximum atomic E-state index is 11.7. The summed E-state index contributed by atoms with van der Waals surface area (Å²) in [5.41, 5.74) is 12.0. The predicted molar refractivity (Wildman–Crippen MR) is 104 cm³/mol. The number of nitrogens with zero attached hydrogens (tertiary/aromatic N) is 4. The van der Waals surface area contributed by atoms with E-state index in [9.17, 15) is 10.0 Å². The molecule has 3 heterocycles. The van der Waals surface area contributed by atoms with Crippen LogP contribution in [0.15, 0.2) is 18.3 Å². The Labute approximate surface area is 159 Å². The van der Waals surface area contributed by atoms with Crippen molar-refractivity contribution in [3.05, 3.63) is 23.2 Å². The molecule has 0 bridgehead atoms. The zero-order valence-electron chi connectivity index (χ0n) is 15.3. The topological polar surface area (TPSA) is 140 Å². The summed E-state index contributed by atoms with van der Waals surface area (Å²) in [4.78, 5) is 25.5. The quantitative estimate of drug-likeness (QED) is 0.579. The highest BCUT2D eigenvalue weighted by Crippen LogP contribution is 2.39. The Hall–Kier alpha value is -2.98. The maximum absolute atomic E-state index is 11.7. The summed E-state index contributed by atoms with van der Waals surface area (Å²) < 4.78 is 5.25. The van der Waals surface area contributed by atoms with Crippen molar-refractivity contribution >= 4 is 39.1 Å². The van der Waals surface area contributed by atoms with E-state index in [1.54, 1.807) is 25.4 Å². The number of amides is 1. The molecule has 9 nitrogen and oxygen atoms in total. The van der Waals surface area contributed by atoms with Crippen LogP contribution in [0.25, 0.3) is 21.6 Å². The number of rotatable bonds is 4. The second kappa shape index (κ2) is 6.63. The highest BCUT2D eigenvalue weighted by atomic mass is 32.1. The van der Waals surface area contributed by atoms with Gasteiger partial charge in [-0.15, -0.1) is 11.3 Å². The van der Waals surface area contributed by atoms with Gasteiger partial charge in [0.1, 0.15) is 21.2 Å². The molecule has 142 valence electrons. The summed E-state index contributed by atoms with van der Waals surface area (Å²) in [6, 6.07) is 3.38.